The first kappa shape index (κ1) is 23.0. The van der Waals surface area contributed by atoms with Crippen molar-refractivity contribution in [2.75, 3.05) is 10.6 Å². The van der Waals surface area contributed by atoms with Gasteiger partial charge in [0.1, 0.15) is 23.2 Å². The number of amides is 1. The van der Waals surface area contributed by atoms with E-state index in [9.17, 15) is 23.2 Å². The van der Waals surface area contributed by atoms with E-state index in [0.717, 1.165) is 29.5 Å². The molecule has 0 aliphatic heterocycles. The average Bonchev–Trinajstić information content (AvgIpc) is 3.26. The van der Waals surface area contributed by atoms with Crippen molar-refractivity contribution >= 4 is 17.4 Å². The molecular formula is C22H24F2N4O4. The van der Waals surface area contributed by atoms with Crippen LogP contribution in [0.5, 0.6) is 0 Å². The van der Waals surface area contributed by atoms with E-state index in [2.05, 4.69) is 4.98 Å². The number of carbonyl (C=O) groups is 1. The van der Waals surface area contributed by atoms with Gasteiger partial charge in [-0.25, -0.2) is 13.6 Å². The number of anilines is 2. The third kappa shape index (κ3) is 5.13. The number of nitrogens with one attached hydrogen (secondary N) is 1. The summed E-state index contributed by atoms with van der Waals surface area (Å²) in [4.78, 5) is 41.3. The first-order chi connectivity index (χ1) is 15.3. The van der Waals surface area contributed by atoms with Crippen molar-refractivity contribution in [2.45, 2.75) is 45.7 Å². The van der Waals surface area contributed by atoms with Gasteiger partial charge in [0, 0.05) is 13.0 Å². The molecule has 0 saturated heterocycles. The molecule has 0 saturated carbocycles. The number of aromatic amines is 1. The van der Waals surface area contributed by atoms with Crippen LogP contribution in [0.15, 0.2) is 50.6 Å². The third-order valence-electron chi connectivity index (χ3n) is 5.03. The molecule has 32 heavy (non-hydrogen) atoms. The molecule has 0 spiro atoms. The molecular weight excluding hydrogens is 422 g/mol. The maximum absolute atomic E-state index is 14.0. The lowest BCUT2D eigenvalue weighted by atomic mass is 10.1. The predicted molar refractivity (Wildman–Crippen MR) is 115 cm³/mol. The number of carbonyl (C=O) groups excluding carboxylic acids is 1. The van der Waals surface area contributed by atoms with Gasteiger partial charge in [0.25, 0.3) is 5.56 Å². The fourth-order valence-corrected chi connectivity index (χ4v) is 3.34. The molecule has 0 atom stereocenters. The summed E-state index contributed by atoms with van der Waals surface area (Å²) >= 11 is 0. The van der Waals surface area contributed by atoms with E-state index in [0.29, 0.717) is 12.2 Å². The highest BCUT2D eigenvalue weighted by Gasteiger charge is 2.25. The van der Waals surface area contributed by atoms with Crippen molar-refractivity contribution in [1.29, 1.82) is 0 Å². The molecule has 2 aromatic heterocycles. The topological polar surface area (TPSA) is 114 Å². The van der Waals surface area contributed by atoms with Gasteiger partial charge in [-0.1, -0.05) is 13.3 Å². The van der Waals surface area contributed by atoms with Gasteiger partial charge in [-0.15, -0.1) is 0 Å². The molecule has 0 unspecified atom stereocenters. The Morgan fingerprint density at radius 1 is 1.25 bits per heavy atom. The van der Waals surface area contributed by atoms with Crippen molar-refractivity contribution in [1.82, 2.24) is 9.55 Å². The van der Waals surface area contributed by atoms with Crippen LogP contribution in [0, 0.1) is 11.6 Å². The van der Waals surface area contributed by atoms with E-state index in [1.54, 1.807) is 12.1 Å². The van der Waals surface area contributed by atoms with Crippen LogP contribution >= 0.6 is 0 Å². The Bertz CT molecular complexity index is 1200. The van der Waals surface area contributed by atoms with E-state index in [4.69, 9.17) is 10.2 Å². The van der Waals surface area contributed by atoms with Gasteiger partial charge in [0.2, 0.25) is 5.91 Å². The molecule has 0 aliphatic rings. The normalized spacial score (nSPS) is 11.0. The molecule has 0 radical (unpaired) electrons. The molecule has 10 heteroatoms. The van der Waals surface area contributed by atoms with Crippen LogP contribution < -0.4 is 21.9 Å². The smallest absolute Gasteiger partial charge is 0.330 e. The zero-order valence-corrected chi connectivity index (χ0v) is 17.6. The lowest BCUT2D eigenvalue weighted by Gasteiger charge is -2.24. The molecule has 2 heterocycles. The Kier molecular flexibility index (Phi) is 7.24. The zero-order valence-electron chi connectivity index (χ0n) is 17.6. The Labute approximate surface area is 182 Å². The highest BCUT2D eigenvalue weighted by Crippen LogP contribution is 2.22. The highest BCUT2D eigenvalue weighted by atomic mass is 19.1. The summed E-state index contributed by atoms with van der Waals surface area (Å²) in [6, 6.07) is 6.23. The molecule has 1 aromatic carbocycles. The molecule has 3 aromatic rings. The van der Waals surface area contributed by atoms with E-state index in [1.807, 2.05) is 6.92 Å². The molecule has 1 amide bonds. The van der Waals surface area contributed by atoms with E-state index >= 15 is 0 Å². The van der Waals surface area contributed by atoms with Gasteiger partial charge in [0.15, 0.2) is 5.69 Å². The van der Waals surface area contributed by atoms with Crippen molar-refractivity contribution in [2.24, 2.45) is 0 Å². The predicted octanol–water partition coefficient (Wildman–Crippen LogP) is 2.96. The number of H-pyrrole nitrogens is 1. The summed E-state index contributed by atoms with van der Waals surface area (Å²) in [6.45, 7) is 2.07. The largest absolute Gasteiger partial charge is 0.467 e. The first-order valence-electron chi connectivity index (χ1n) is 10.2. The second-order valence-corrected chi connectivity index (χ2v) is 7.29. The number of halogens is 2. The number of nitrogens with two attached hydrogens (primary N) is 1. The molecule has 3 N–H and O–H groups in total. The quantitative estimate of drug-likeness (QED) is 0.525. The molecule has 170 valence electrons. The molecule has 3 rings (SSSR count). The van der Waals surface area contributed by atoms with Gasteiger partial charge in [-0.2, -0.15) is 0 Å². The number of aryl methyl sites for hydroxylation is 1. The van der Waals surface area contributed by atoms with Crippen LogP contribution in [0.25, 0.3) is 0 Å². The van der Waals surface area contributed by atoms with E-state index < -0.39 is 28.8 Å². The lowest BCUT2D eigenvalue weighted by Crippen LogP contribution is -2.41. The summed E-state index contributed by atoms with van der Waals surface area (Å²) < 4.78 is 34.0. The van der Waals surface area contributed by atoms with Gasteiger partial charge in [-0.3, -0.25) is 24.0 Å². The number of nitrogens with zero attached hydrogens (tertiary/aromatic N) is 2. The summed E-state index contributed by atoms with van der Waals surface area (Å²) in [5.41, 5.74) is 4.50. The van der Waals surface area contributed by atoms with Crippen molar-refractivity contribution < 1.29 is 18.0 Å². The van der Waals surface area contributed by atoms with Crippen LogP contribution in [0.4, 0.5) is 20.3 Å². The van der Waals surface area contributed by atoms with Crippen molar-refractivity contribution in [3.63, 3.8) is 0 Å². The van der Waals surface area contributed by atoms with Gasteiger partial charge >= 0.3 is 5.69 Å². The zero-order chi connectivity index (χ0) is 23.3. The number of benzene rings is 1. The number of rotatable bonds is 9. The fraction of sp³-hybridized carbons (Fsp3) is 0.318. The standard InChI is InChI=1S/C22H24F2N4O4/c1-2-3-10-27-20(25)19(21(30)26-22(27)31)28(13-16-5-4-11-32-16)18(29)9-6-14-12-15(23)7-8-17(14)24/h4-5,7-8,11-12H,2-3,6,9-10,13,25H2,1H3,(H,26,30,31). The van der Waals surface area contributed by atoms with Crippen LogP contribution in [-0.2, 0) is 24.3 Å². The van der Waals surface area contributed by atoms with Crippen molar-refractivity contribution in [3.8, 4) is 0 Å². The lowest BCUT2D eigenvalue weighted by molar-refractivity contribution is -0.118. The van der Waals surface area contributed by atoms with Crippen LogP contribution in [-0.4, -0.2) is 15.5 Å². The third-order valence-corrected chi connectivity index (χ3v) is 5.03. The molecule has 0 aliphatic carbocycles. The van der Waals surface area contributed by atoms with E-state index in [-0.39, 0.29) is 43.0 Å². The second-order valence-electron chi connectivity index (χ2n) is 7.29. The molecule has 0 bridgehead atoms. The fourth-order valence-electron chi connectivity index (χ4n) is 3.34. The Balaban J connectivity index is 1.97. The van der Waals surface area contributed by atoms with Gasteiger partial charge < -0.3 is 10.2 Å². The summed E-state index contributed by atoms with van der Waals surface area (Å²) in [6.07, 6.45) is 2.52. The number of hydrogen-bond acceptors (Lipinski definition) is 5. The average molecular weight is 446 g/mol. The number of hydrogen-bond donors (Lipinski definition) is 2. The maximum atomic E-state index is 14.0. The highest BCUT2D eigenvalue weighted by molar-refractivity contribution is 5.95. The Morgan fingerprint density at radius 3 is 2.72 bits per heavy atom. The number of furan rings is 1. The van der Waals surface area contributed by atoms with Crippen molar-refractivity contribution in [3.05, 3.63) is 80.4 Å². The van der Waals surface area contributed by atoms with Crippen LogP contribution in [0.1, 0.15) is 37.5 Å². The van der Waals surface area contributed by atoms with Crippen LogP contribution in [0.2, 0.25) is 0 Å². The molecule has 8 nitrogen and oxygen atoms in total. The number of unbranched alkanes of at least 4 members (excludes halogenated alkanes) is 1. The first-order valence-corrected chi connectivity index (χ1v) is 10.2. The Hall–Kier alpha value is -3.69. The van der Waals surface area contributed by atoms with E-state index in [1.165, 1.54) is 10.8 Å². The Morgan fingerprint density at radius 2 is 2.03 bits per heavy atom. The number of nitrogen functional groups attached to an aromatic ring is 1. The van der Waals surface area contributed by atoms with Crippen LogP contribution in [0.3, 0.4) is 0 Å². The SMILES string of the molecule is CCCCn1c(N)c(N(Cc2ccco2)C(=O)CCc2cc(F)ccc2F)c(=O)[nH]c1=O. The van der Waals surface area contributed by atoms with Gasteiger partial charge in [0.05, 0.1) is 12.8 Å². The minimum absolute atomic E-state index is 0.0334. The molecule has 0 fully saturated rings. The maximum Gasteiger partial charge on any atom is 0.330 e. The monoisotopic (exact) mass is 446 g/mol. The van der Waals surface area contributed by atoms with Gasteiger partial charge in [-0.05, 0) is 48.7 Å². The summed E-state index contributed by atoms with van der Waals surface area (Å²) in [5.74, 6) is -1.60. The summed E-state index contributed by atoms with van der Waals surface area (Å²) in [7, 11) is 0. The minimum atomic E-state index is -0.822. The second kappa shape index (κ2) is 10.1. The minimum Gasteiger partial charge on any atom is -0.467 e. The summed E-state index contributed by atoms with van der Waals surface area (Å²) in [5, 5.41) is 0. The number of aromatic nitrogens is 2.